The Morgan fingerprint density at radius 3 is 2.21 bits per heavy atom. The Kier molecular flexibility index (Phi) is 5.58. The van der Waals surface area contributed by atoms with Crippen LogP contribution in [0.25, 0.3) is 0 Å². The molecule has 0 saturated carbocycles. The molecule has 0 amide bonds. The number of hydrogen-bond donors (Lipinski definition) is 2. The standard InChI is InChI=1S/C13H23NO4S/c1-9(2)12(10(3)4)7-14-19(16,17)13-6-5-11(8-15)18-13/h5-6,9-10,12,14-15H,7-8H2,1-4H3. The highest BCUT2D eigenvalue weighted by Gasteiger charge is 2.23. The molecule has 6 heteroatoms. The Morgan fingerprint density at radius 2 is 1.79 bits per heavy atom. The van der Waals surface area contributed by atoms with E-state index >= 15 is 0 Å². The largest absolute Gasteiger partial charge is 0.446 e. The maximum Gasteiger partial charge on any atom is 0.273 e. The summed E-state index contributed by atoms with van der Waals surface area (Å²) in [6.07, 6.45) is 0. The van der Waals surface area contributed by atoms with Crippen molar-refractivity contribution in [3.63, 3.8) is 0 Å². The third-order valence-electron chi connectivity index (χ3n) is 3.28. The van der Waals surface area contributed by atoms with E-state index in [4.69, 9.17) is 9.52 Å². The molecule has 0 unspecified atom stereocenters. The van der Waals surface area contributed by atoms with Crippen LogP contribution in [0.5, 0.6) is 0 Å². The lowest BCUT2D eigenvalue weighted by Crippen LogP contribution is -2.33. The SMILES string of the molecule is CC(C)C(CNS(=O)(=O)c1ccc(CO)o1)C(C)C. The predicted octanol–water partition coefficient (Wildman–Crippen LogP) is 1.98. The van der Waals surface area contributed by atoms with E-state index in [0.29, 0.717) is 18.4 Å². The van der Waals surface area contributed by atoms with Crippen LogP contribution in [-0.4, -0.2) is 20.1 Å². The summed E-state index contributed by atoms with van der Waals surface area (Å²) in [5.74, 6) is 1.30. The first-order valence-electron chi connectivity index (χ1n) is 6.47. The monoisotopic (exact) mass is 289 g/mol. The molecule has 1 aromatic rings. The molecule has 110 valence electrons. The van der Waals surface area contributed by atoms with Gasteiger partial charge in [0.05, 0.1) is 0 Å². The second-order valence-electron chi connectivity index (χ2n) is 5.38. The first kappa shape index (κ1) is 16.2. The van der Waals surface area contributed by atoms with Gasteiger partial charge in [0, 0.05) is 6.54 Å². The lowest BCUT2D eigenvalue weighted by atomic mass is 9.86. The number of aliphatic hydroxyl groups excluding tert-OH is 1. The van der Waals surface area contributed by atoms with Crippen molar-refractivity contribution < 1.29 is 17.9 Å². The average molecular weight is 289 g/mol. The number of sulfonamides is 1. The maximum absolute atomic E-state index is 12.0. The van der Waals surface area contributed by atoms with Gasteiger partial charge in [-0.25, -0.2) is 13.1 Å². The molecule has 0 aliphatic heterocycles. The summed E-state index contributed by atoms with van der Waals surface area (Å²) in [4.78, 5) is 0. The molecular weight excluding hydrogens is 266 g/mol. The highest BCUT2D eigenvalue weighted by molar-refractivity contribution is 7.89. The normalized spacial score (nSPS) is 12.8. The van der Waals surface area contributed by atoms with E-state index in [-0.39, 0.29) is 23.4 Å². The summed E-state index contributed by atoms with van der Waals surface area (Å²) < 4.78 is 31.7. The van der Waals surface area contributed by atoms with E-state index < -0.39 is 10.0 Å². The molecule has 0 radical (unpaired) electrons. The molecule has 0 atom stereocenters. The predicted molar refractivity (Wildman–Crippen MR) is 73.0 cm³/mol. The summed E-state index contributed by atoms with van der Waals surface area (Å²) in [5, 5.41) is 8.72. The van der Waals surface area contributed by atoms with Crippen molar-refractivity contribution in [1.29, 1.82) is 0 Å². The Bertz CT molecular complexity index is 482. The topological polar surface area (TPSA) is 79.5 Å². The van der Waals surface area contributed by atoms with Gasteiger partial charge in [-0.3, -0.25) is 0 Å². The van der Waals surface area contributed by atoms with Crippen LogP contribution in [0.4, 0.5) is 0 Å². The average Bonchev–Trinajstić information content (AvgIpc) is 2.77. The van der Waals surface area contributed by atoms with E-state index in [9.17, 15) is 8.42 Å². The molecule has 0 saturated heterocycles. The minimum Gasteiger partial charge on any atom is -0.446 e. The second-order valence-corrected chi connectivity index (χ2v) is 7.08. The maximum atomic E-state index is 12.0. The molecule has 5 nitrogen and oxygen atoms in total. The molecule has 0 bridgehead atoms. The quantitative estimate of drug-likeness (QED) is 0.804. The van der Waals surface area contributed by atoms with Gasteiger partial charge in [0.15, 0.2) is 0 Å². The zero-order valence-corrected chi connectivity index (χ0v) is 12.7. The Balaban J connectivity index is 2.74. The molecule has 1 rings (SSSR count). The van der Waals surface area contributed by atoms with Crippen LogP contribution < -0.4 is 4.72 Å². The molecule has 0 aliphatic rings. The van der Waals surface area contributed by atoms with Gasteiger partial charge in [0.25, 0.3) is 10.0 Å². The summed E-state index contributed by atoms with van der Waals surface area (Å²) in [5.41, 5.74) is 0. The van der Waals surface area contributed by atoms with Gasteiger partial charge < -0.3 is 9.52 Å². The molecule has 0 aliphatic carbocycles. The number of nitrogens with one attached hydrogen (secondary N) is 1. The minimum absolute atomic E-state index is 0.150. The van der Waals surface area contributed by atoms with Gasteiger partial charge in [-0.2, -0.15) is 0 Å². The van der Waals surface area contributed by atoms with Crippen molar-refractivity contribution in [3.8, 4) is 0 Å². The summed E-state index contributed by atoms with van der Waals surface area (Å²) in [7, 11) is -3.64. The molecule has 0 fully saturated rings. The smallest absolute Gasteiger partial charge is 0.273 e. The number of aliphatic hydroxyl groups is 1. The van der Waals surface area contributed by atoms with Crippen molar-refractivity contribution in [2.75, 3.05) is 6.54 Å². The van der Waals surface area contributed by atoms with Gasteiger partial charge in [0.2, 0.25) is 5.09 Å². The fraction of sp³-hybridized carbons (Fsp3) is 0.692. The molecule has 1 aromatic heterocycles. The van der Waals surface area contributed by atoms with Crippen LogP contribution in [0.3, 0.4) is 0 Å². The van der Waals surface area contributed by atoms with Crippen molar-refractivity contribution in [2.24, 2.45) is 17.8 Å². The lowest BCUT2D eigenvalue weighted by Gasteiger charge is -2.24. The first-order chi connectivity index (χ1) is 8.77. The van der Waals surface area contributed by atoms with Crippen LogP contribution in [-0.2, 0) is 16.6 Å². The van der Waals surface area contributed by atoms with Crippen LogP contribution in [0.1, 0.15) is 33.5 Å². The van der Waals surface area contributed by atoms with Crippen molar-refractivity contribution in [3.05, 3.63) is 17.9 Å². The third kappa shape index (κ3) is 4.33. The number of rotatable bonds is 7. The molecule has 0 aromatic carbocycles. The van der Waals surface area contributed by atoms with Gasteiger partial charge in [-0.15, -0.1) is 0 Å². The second kappa shape index (κ2) is 6.54. The third-order valence-corrected chi connectivity index (χ3v) is 4.58. The zero-order valence-electron chi connectivity index (χ0n) is 11.9. The van der Waals surface area contributed by atoms with E-state index in [1.54, 1.807) is 0 Å². The first-order valence-corrected chi connectivity index (χ1v) is 7.95. The van der Waals surface area contributed by atoms with Crippen LogP contribution in [0.15, 0.2) is 21.6 Å². The Morgan fingerprint density at radius 1 is 1.21 bits per heavy atom. The van der Waals surface area contributed by atoms with Crippen molar-refractivity contribution in [2.45, 2.75) is 39.4 Å². The highest BCUT2D eigenvalue weighted by Crippen LogP contribution is 2.21. The van der Waals surface area contributed by atoms with E-state index in [1.807, 2.05) is 0 Å². The summed E-state index contributed by atoms with van der Waals surface area (Å²) in [6, 6.07) is 2.81. The Labute approximate surface area is 115 Å². The molecule has 0 spiro atoms. The van der Waals surface area contributed by atoms with Crippen molar-refractivity contribution >= 4 is 10.0 Å². The zero-order chi connectivity index (χ0) is 14.6. The fourth-order valence-corrected chi connectivity index (χ4v) is 3.12. The van der Waals surface area contributed by atoms with E-state index in [0.717, 1.165) is 0 Å². The van der Waals surface area contributed by atoms with Crippen LogP contribution in [0, 0.1) is 17.8 Å². The van der Waals surface area contributed by atoms with E-state index in [2.05, 4.69) is 32.4 Å². The van der Waals surface area contributed by atoms with Gasteiger partial charge >= 0.3 is 0 Å². The van der Waals surface area contributed by atoms with Gasteiger partial charge in [0.1, 0.15) is 12.4 Å². The number of hydrogen-bond acceptors (Lipinski definition) is 4. The van der Waals surface area contributed by atoms with Gasteiger partial charge in [-0.05, 0) is 29.9 Å². The Hall–Kier alpha value is -0.850. The lowest BCUT2D eigenvalue weighted by molar-refractivity contribution is 0.236. The van der Waals surface area contributed by atoms with Crippen LogP contribution in [0.2, 0.25) is 0 Å². The molecule has 19 heavy (non-hydrogen) atoms. The molecule has 2 N–H and O–H groups in total. The van der Waals surface area contributed by atoms with Gasteiger partial charge in [-0.1, -0.05) is 27.7 Å². The van der Waals surface area contributed by atoms with Crippen molar-refractivity contribution in [1.82, 2.24) is 4.72 Å². The summed E-state index contributed by atoms with van der Waals surface area (Å²) >= 11 is 0. The fourth-order valence-electron chi connectivity index (χ4n) is 2.11. The van der Waals surface area contributed by atoms with Crippen LogP contribution >= 0.6 is 0 Å². The molecule has 1 heterocycles. The molecular formula is C13H23NO4S. The van der Waals surface area contributed by atoms with E-state index in [1.165, 1.54) is 12.1 Å². The summed E-state index contributed by atoms with van der Waals surface area (Å²) in [6.45, 7) is 8.39. The number of furan rings is 1. The minimum atomic E-state index is -3.64. The highest BCUT2D eigenvalue weighted by atomic mass is 32.2.